The van der Waals surface area contributed by atoms with Gasteiger partial charge in [0.25, 0.3) is 0 Å². The number of carbonyl (C=O) groups excluding carboxylic acids is 1. The Morgan fingerprint density at radius 3 is 2.59 bits per heavy atom. The molecule has 0 atom stereocenters. The summed E-state index contributed by atoms with van der Waals surface area (Å²) in [6.45, 7) is 9.92. The molecule has 1 fully saturated rings. The molecular weight excluding hydrogens is 477 g/mol. The number of hydrogen-bond donors (Lipinski definition) is 1. The molecule has 192 valence electrons. The van der Waals surface area contributed by atoms with E-state index in [0.717, 1.165) is 17.5 Å². The third kappa shape index (κ3) is 4.39. The normalized spacial score (nSPS) is 13.8. The summed E-state index contributed by atoms with van der Waals surface area (Å²) < 4.78 is 22.4. The number of amides is 2. The molecule has 0 spiro atoms. The van der Waals surface area contributed by atoms with Gasteiger partial charge in [-0.3, -0.25) is 4.90 Å². The van der Waals surface area contributed by atoms with Crippen LogP contribution in [0, 0.1) is 12.7 Å². The Kier molecular flexibility index (Phi) is 6.32. The van der Waals surface area contributed by atoms with Crippen LogP contribution in [-0.2, 0) is 0 Å². The number of carbonyl (C=O) groups is 1. The van der Waals surface area contributed by atoms with Crippen molar-refractivity contribution in [3.8, 4) is 17.3 Å². The van der Waals surface area contributed by atoms with Crippen molar-refractivity contribution in [3.05, 3.63) is 42.2 Å². The first-order valence-electron chi connectivity index (χ1n) is 12.1. The fourth-order valence-electron chi connectivity index (χ4n) is 4.55. The van der Waals surface area contributed by atoms with E-state index in [1.807, 2.05) is 32.3 Å². The SMILES string of the molecule is CCN1CCN(c2ccc(Nc3ncc(F)c(-c4cc5c(nc(C)n5C(C)C)c(OC)n4)n3)nc2)C1=O. The van der Waals surface area contributed by atoms with Crippen molar-refractivity contribution in [1.82, 2.24) is 34.4 Å². The number of aryl methyl sites for hydroxylation is 1. The Bertz CT molecular complexity index is 1470. The molecule has 0 unspecified atom stereocenters. The maximum Gasteiger partial charge on any atom is 0.324 e. The molecule has 4 aromatic heterocycles. The lowest BCUT2D eigenvalue weighted by Crippen LogP contribution is -2.31. The molecular formula is C25H28FN9O2. The van der Waals surface area contributed by atoms with E-state index in [9.17, 15) is 9.18 Å². The molecule has 2 amide bonds. The molecule has 1 N–H and O–H groups in total. The van der Waals surface area contributed by atoms with E-state index in [4.69, 9.17) is 4.74 Å². The summed E-state index contributed by atoms with van der Waals surface area (Å²) in [6.07, 6.45) is 2.70. The van der Waals surface area contributed by atoms with Crippen molar-refractivity contribution in [2.75, 3.05) is 37.0 Å². The minimum absolute atomic E-state index is 0.0193. The second kappa shape index (κ2) is 9.60. The molecule has 5 rings (SSSR count). The third-order valence-corrected chi connectivity index (χ3v) is 6.29. The van der Waals surface area contributed by atoms with Gasteiger partial charge in [0, 0.05) is 25.7 Å². The van der Waals surface area contributed by atoms with Gasteiger partial charge in [0.05, 0.1) is 36.4 Å². The first-order valence-corrected chi connectivity index (χ1v) is 12.1. The van der Waals surface area contributed by atoms with Crippen LogP contribution in [0.3, 0.4) is 0 Å². The summed E-state index contributed by atoms with van der Waals surface area (Å²) >= 11 is 0. The Hall–Kier alpha value is -4.35. The number of rotatable bonds is 7. The summed E-state index contributed by atoms with van der Waals surface area (Å²) in [4.78, 5) is 37.8. The number of methoxy groups -OCH3 is 1. The quantitative estimate of drug-likeness (QED) is 0.395. The van der Waals surface area contributed by atoms with Gasteiger partial charge < -0.3 is 19.5 Å². The molecule has 0 radical (unpaired) electrons. The fourth-order valence-corrected chi connectivity index (χ4v) is 4.55. The van der Waals surface area contributed by atoms with Crippen molar-refractivity contribution < 1.29 is 13.9 Å². The number of fused-ring (bicyclic) bond motifs is 1. The summed E-state index contributed by atoms with van der Waals surface area (Å²) in [7, 11) is 1.50. The van der Waals surface area contributed by atoms with Crippen LogP contribution in [0.25, 0.3) is 22.4 Å². The standard InChI is InChI=1S/C25H28FN9O2/c1-6-33-9-10-34(25(33)36)16-7-8-20(27-12-16)31-24-28-13-17(26)21(32-24)18-11-19-22(23(30-18)37-5)29-15(4)35(19)14(2)3/h7-8,11-14H,6,9-10H2,1-5H3,(H,27,28,31,32). The highest BCUT2D eigenvalue weighted by Gasteiger charge is 2.28. The predicted molar refractivity (Wildman–Crippen MR) is 138 cm³/mol. The van der Waals surface area contributed by atoms with E-state index in [1.165, 1.54) is 7.11 Å². The lowest BCUT2D eigenvalue weighted by Gasteiger charge is -2.17. The molecule has 12 heteroatoms. The predicted octanol–water partition coefficient (Wildman–Crippen LogP) is 4.33. The highest BCUT2D eigenvalue weighted by molar-refractivity contribution is 5.94. The van der Waals surface area contributed by atoms with Crippen LogP contribution in [0.2, 0.25) is 0 Å². The number of nitrogens with one attached hydrogen (secondary N) is 1. The van der Waals surface area contributed by atoms with Crippen LogP contribution in [0.5, 0.6) is 5.88 Å². The highest BCUT2D eigenvalue weighted by atomic mass is 19.1. The molecule has 5 heterocycles. The van der Waals surface area contributed by atoms with Crippen LogP contribution in [0.15, 0.2) is 30.6 Å². The number of aromatic nitrogens is 6. The fraction of sp³-hybridized carbons (Fsp3) is 0.360. The summed E-state index contributed by atoms with van der Waals surface area (Å²) in [5.74, 6) is 1.08. The Morgan fingerprint density at radius 2 is 1.95 bits per heavy atom. The van der Waals surface area contributed by atoms with Gasteiger partial charge in [0.1, 0.15) is 17.3 Å². The lowest BCUT2D eigenvalue weighted by atomic mass is 10.2. The van der Waals surface area contributed by atoms with Gasteiger partial charge in [0.2, 0.25) is 11.8 Å². The third-order valence-electron chi connectivity index (χ3n) is 6.29. The van der Waals surface area contributed by atoms with E-state index >= 15 is 0 Å². The van der Waals surface area contributed by atoms with Crippen LogP contribution in [-0.4, -0.2) is 67.2 Å². The first kappa shape index (κ1) is 24.3. The van der Waals surface area contributed by atoms with Gasteiger partial charge in [-0.05, 0) is 45.9 Å². The van der Waals surface area contributed by atoms with Crippen molar-refractivity contribution in [2.45, 2.75) is 33.7 Å². The molecule has 1 aliphatic heterocycles. The molecule has 0 aromatic carbocycles. The number of halogens is 1. The van der Waals surface area contributed by atoms with Crippen LogP contribution < -0.4 is 15.0 Å². The first-order chi connectivity index (χ1) is 17.8. The van der Waals surface area contributed by atoms with E-state index < -0.39 is 5.82 Å². The number of hydrogen-bond acceptors (Lipinski definition) is 8. The van der Waals surface area contributed by atoms with Crippen LogP contribution >= 0.6 is 0 Å². The highest BCUT2D eigenvalue weighted by Crippen LogP contribution is 2.32. The number of likely N-dealkylation sites (N-methyl/N-ethyl adjacent to an activating group) is 1. The van der Waals surface area contributed by atoms with E-state index in [2.05, 4.69) is 30.2 Å². The zero-order valence-corrected chi connectivity index (χ0v) is 21.4. The molecule has 0 aliphatic carbocycles. The van der Waals surface area contributed by atoms with E-state index in [-0.39, 0.29) is 29.6 Å². The van der Waals surface area contributed by atoms with Crippen molar-refractivity contribution in [3.63, 3.8) is 0 Å². The van der Waals surface area contributed by atoms with Gasteiger partial charge in [-0.15, -0.1) is 0 Å². The number of pyridine rings is 2. The maximum atomic E-state index is 14.9. The molecule has 11 nitrogen and oxygen atoms in total. The molecule has 1 saturated heterocycles. The zero-order chi connectivity index (χ0) is 26.3. The molecule has 1 aliphatic rings. The number of ether oxygens (including phenoxy) is 1. The number of imidazole rings is 1. The number of nitrogens with zero attached hydrogens (tertiary/aromatic N) is 8. The maximum absolute atomic E-state index is 14.9. The molecule has 4 aromatic rings. The average Bonchev–Trinajstić information content (AvgIpc) is 3.43. The Labute approximate surface area is 213 Å². The van der Waals surface area contributed by atoms with Gasteiger partial charge in [-0.1, -0.05) is 0 Å². The van der Waals surface area contributed by atoms with Gasteiger partial charge in [-0.2, -0.15) is 0 Å². The van der Waals surface area contributed by atoms with Gasteiger partial charge in [0.15, 0.2) is 11.3 Å². The minimum atomic E-state index is -0.622. The van der Waals surface area contributed by atoms with E-state index in [1.54, 1.807) is 34.2 Å². The van der Waals surface area contributed by atoms with Crippen molar-refractivity contribution in [2.24, 2.45) is 0 Å². The number of urea groups is 1. The average molecular weight is 506 g/mol. The lowest BCUT2D eigenvalue weighted by molar-refractivity contribution is 0.223. The summed E-state index contributed by atoms with van der Waals surface area (Å²) in [6, 6.07) is 5.37. The summed E-state index contributed by atoms with van der Waals surface area (Å²) in [5.41, 5.74) is 2.40. The van der Waals surface area contributed by atoms with Gasteiger partial charge in [-0.25, -0.2) is 34.1 Å². The topological polar surface area (TPSA) is 114 Å². The second-order valence-electron chi connectivity index (χ2n) is 8.94. The Morgan fingerprint density at radius 1 is 1.14 bits per heavy atom. The van der Waals surface area contributed by atoms with Crippen molar-refractivity contribution in [1.29, 1.82) is 0 Å². The molecule has 0 bridgehead atoms. The molecule has 0 saturated carbocycles. The second-order valence-corrected chi connectivity index (χ2v) is 8.94. The van der Waals surface area contributed by atoms with E-state index in [0.29, 0.717) is 42.4 Å². The van der Waals surface area contributed by atoms with Crippen LogP contribution in [0.4, 0.5) is 26.6 Å². The minimum Gasteiger partial charge on any atom is -0.479 e. The Balaban J connectivity index is 1.45. The van der Waals surface area contributed by atoms with Gasteiger partial charge >= 0.3 is 6.03 Å². The smallest absolute Gasteiger partial charge is 0.324 e. The summed E-state index contributed by atoms with van der Waals surface area (Å²) in [5, 5.41) is 3.00. The largest absolute Gasteiger partial charge is 0.479 e. The van der Waals surface area contributed by atoms with Crippen molar-refractivity contribution >= 4 is 34.5 Å². The van der Waals surface area contributed by atoms with Crippen LogP contribution in [0.1, 0.15) is 32.6 Å². The molecule has 37 heavy (non-hydrogen) atoms. The zero-order valence-electron chi connectivity index (χ0n) is 21.4. The monoisotopic (exact) mass is 505 g/mol. The number of anilines is 3.